The summed E-state index contributed by atoms with van der Waals surface area (Å²) in [6, 6.07) is 6.13. The first-order valence-electron chi connectivity index (χ1n) is 7.36. The van der Waals surface area contributed by atoms with Crippen LogP contribution in [0.15, 0.2) is 35.9 Å². The Balaban J connectivity index is 1.90. The number of hydrogen-bond acceptors (Lipinski definition) is 3. The van der Waals surface area contributed by atoms with Gasteiger partial charge in [0.2, 0.25) is 0 Å². The summed E-state index contributed by atoms with van der Waals surface area (Å²) in [6.07, 6.45) is 1.67. The highest BCUT2D eigenvalue weighted by molar-refractivity contribution is 5.23. The highest BCUT2D eigenvalue weighted by Crippen LogP contribution is 2.46. The Bertz CT molecular complexity index is 550. The second-order valence-corrected chi connectivity index (χ2v) is 6.44. The Kier molecular flexibility index (Phi) is 3.64. The van der Waals surface area contributed by atoms with E-state index in [1.165, 1.54) is 12.1 Å². The van der Waals surface area contributed by atoms with Crippen LogP contribution in [0.1, 0.15) is 38.4 Å². The normalized spacial score (nSPS) is 39.6. The van der Waals surface area contributed by atoms with E-state index in [0.717, 1.165) is 11.1 Å². The molecule has 21 heavy (non-hydrogen) atoms. The SMILES string of the molecule is CC1=CC[C@@H]2[C@@H](OC(c3ccc(F)cc3)CC2(C)O)[C@@H]1O. The van der Waals surface area contributed by atoms with Gasteiger partial charge in [-0.2, -0.15) is 0 Å². The summed E-state index contributed by atoms with van der Waals surface area (Å²) in [6.45, 7) is 3.67. The maximum Gasteiger partial charge on any atom is 0.123 e. The van der Waals surface area contributed by atoms with Crippen LogP contribution >= 0.6 is 0 Å². The van der Waals surface area contributed by atoms with E-state index in [1.807, 2.05) is 13.0 Å². The fourth-order valence-corrected chi connectivity index (χ4v) is 3.46. The van der Waals surface area contributed by atoms with Gasteiger partial charge in [-0.25, -0.2) is 4.39 Å². The van der Waals surface area contributed by atoms with Crippen LogP contribution in [-0.2, 0) is 4.74 Å². The fraction of sp³-hybridized carbons (Fsp3) is 0.529. The third kappa shape index (κ3) is 2.63. The number of hydrogen-bond donors (Lipinski definition) is 2. The predicted molar refractivity (Wildman–Crippen MR) is 77.1 cm³/mol. The lowest BCUT2D eigenvalue weighted by atomic mass is 9.70. The van der Waals surface area contributed by atoms with Crippen LogP contribution in [0, 0.1) is 11.7 Å². The molecule has 0 spiro atoms. The Morgan fingerprint density at radius 1 is 1.29 bits per heavy atom. The summed E-state index contributed by atoms with van der Waals surface area (Å²) < 4.78 is 19.1. The van der Waals surface area contributed by atoms with Gasteiger partial charge < -0.3 is 14.9 Å². The summed E-state index contributed by atoms with van der Waals surface area (Å²) >= 11 is 0. The lowest BCUT2D eigenvalue weighted by Crippen LogP contribution is -2.55. The maximum absolute atomic E-state index is 13.1. The zero-order chi connectivity index (χ0) is 15.2. The lowest BCUT2D eigenvalue weighted by molar-refractivity contribution is -0.206. The van der Waals surface area contributed by atoms with E-state index < -0.39 is 17.8 Å². The molecule has 1 aliphatic heterocycles. The summed E-state index contributed by atoms with van der Waals surface area (Å²) in [7, 11) is 0. The highest BCUT2D eigenvalue weighted by atomic mass is 19.1. The highest BCUT2D eigenvalue weighted by Gasteiger charge is 2.49. The Labute approximate surface area is 124 Å². The van der Waals surface area contributed by atoms with Crippen molar-refractivity contribution >= 4 is 0 Å². The molecule has 1 fully saturated rings. The molecular formula is C17H21FO3. The van der Waals surface area contributed by atoms with Crippen molar-refractivity contribution in [3.05, 3.63) is 47.3 Å². The fourth-order valence-electron chi connectivity index (χ4n) is 3.46. The van der Waals surface area contributed by atoms with E-state index in [9.17, 15) is 14.6 Å². The number of benzene rings is 1. The van der Waals surface area contributed by atoms with E-state index in [0.29, 0.717) is 12.8 Å². The van der Waals surface area contributed by atoms with Gasteiger partial charge in [-0.3, -0.25) is 0 Å². The number of rotatable bonds is 1. The molecule has 1 saturated heterocycles. The molecule has 0 bridgehead atoms. The topological polar surface area (TPSA) is 49.7 Å². The molecular weight excluding hydrogens is 271 g/mol. The molecule has 114 valence electrons. The van der Waals surface area contributed by atoms with Gasteiger partial charge in [0.25, 0.3) is 0 Å². The standard InChI is InChI=1S/C17H21FO3/c1-10-3-8-13-16(15(10)19)21-14(9-17(13,2)20)11-4-6-12(18)7-5-11/h3-7,13-16,19-20H,8-9H2,1-2H3/t13-,14?,15-,16-,17?/m1/s1. The molecule has 2 unspecified atom stereocenters. The van der Waals surface area contributed by atoms with Crippen LogP contribution in [0.3, 0.4) is 0 Å². The van der Waals surface area contributed by atoms with Gasteiger partial charge in [0.1, 0.15) is 11.9 Å². The number of aliphatic hydroxyl groups is 2. The molecule has 4 heteroatoms. The summed E-state index contributed by atoms with van der Waals surface area (Å²) in [4.78, 5) is 0. The molecule has 3 rings (SSSR count). The van der Waals surface area contributed by atoms with Gasteiger partial charge in [-0.05, 0) is 43.5 Å². The molecule has 1 aromatic carbocycles. The van der Waals surface area contributed by atoms with E-state index in [4.69, 9.17) is 4.74 Å². The molecule has 0 radical (unpaired) electrons. The minimum absolute atomic E-state index is 0.118. The molecule has 2 N–H and O–H groups in total. The number of allylic oxidation sites excluding steroid dienone is 1. The number of fused-ring (bicyclic) bond motifs is 1. The van der Waals surface area contributed by atoms with Crippen LogP contribution < -0.4 is 0 Å². The summed E-state index contributed by atoms with van der Waals surface area (Å²) in [5.41, 5.74) is 0.793. The average Bonchev–Trinajstić information content (AvgIpc) is 2.43. The van der Waals surface area contributed by atoms with Crippen molar-refractivity contribution in [2.45, 2.75) is 50.6 Å². The first kappa shape index (κ1) is 14.7. The summed E-state index contributed by atoms with van der Waals surface area (Å²) in [5.74, 6) is -0.413. The zero-order valence-electron chi connectivity index (χ0n) is 12.3. The van der Waals surface area contributed by atoms with Crippen molar-refractivity contribution in [1.82, 2.24) is 0 Å². The van der Waals surface area contributed by atoms with E-state index >= 15 is 0 Å². The second-order valence-electron chi connectivity index (χ2n) is 6.44. The van der Waals surface area contributed by atoms with Crippen molar-refractivity contribution in [1.29, 1.82) is 0 Å². The Morgan fingerprint density at radius 3 is 2.62 bits per heavy atom. The molecule has 2 aliphatic rings. The van der Waals surface area contributed by atoms with Crippen molar-refractivity contribution in [2.75, 3.05) is 0 Å². The van der Waals surface area contributed by atoms with Gasteiger partial charge in [0.15, 0.2) is 0 Å². The zero-order valence-corrected chi connectivity index (χ0v) is 12.3. The van der Waals surface area contributed by atoms with Gasteiger partial charge in [-0.1, -0.05) is 18.2 Å². The molecule has 1 heterocycles. The lowest BCUT2D eigenvalue weighted by Gasteiger charge is -2.49. The maximum atomic E-state index is 13.1. The van der Waals surface area contributed by atoms with Crippen molar-refractivity contribution in [3.8, 4) is 0 Å². The molecule has 0 aromatic heterocycles. The van der Waals surface area contributed by atoms with Gasteiger partial charge in [-0.15, -0.1) is 0 Å². The second kappa shape index (κ2) is 5.20. The third-order valence-electron chi connectivity index (χ3n) is 4.83. The number of halogens is 1. The third-order valence-corrected chi connectivity index (χ3v) is 4.83. The van der Waals surface area contributed by atoms with Crippen LogP contribution in [0.5, 0.6) is 0 Å². The largest absolute Gasteiger partial charge is 0.390 e. The number of aliphatic hydroxyl groups excluding tert-OH is 1. The van der Waals surface area contributed by atoms with Crippen molar-refractivity contribution in [3.63, 3.8) is 0 Å². The first-order valence-corrected chi connectivity index (χ1v) is 7.36. The van der Waals surface area contributed by atoms with E-state index in [-0.39, 0.29) is 17.8 Å². The molecule has 1 aliphatic carbocycles. The van der Waals surface area contributed by atoms with E-state index in [2.05, 4.69) is 0 Å². The smallest absolute Gasteiger partial charge is 0.123 e. The van der Waals surface area contributed by atoms with Gasteiger partial charge >= 0.3 is 0 Å². The molecule has 3 nitrogen and oxygen atoms in total. The average molecular weight is 292 g/mol. The predicted octanol–water partition coefficient (Wildman–Crippen LogP) is 2.73. The minimum Gasteiger partial charge on any atom is -0.390 e. The van der Waals surface area contributed by atoms with Crippen LogP contribution in [0.4, 0.5) is 4.39 Å². The Hall–Kier alpha value is -1.23. The van der Waals surface area contributed by atoms with Crippen molar-refractivity contribution in [2.24, 2.45) is 5.92 Å². The van der Waals surface area contributed by atoms with Crippen molar-refractivity contribution < 1.29 is 19.3 Å². The van der Waals surface area contributed by atoms with Crippen LogP contribution in [-0.4, -0.2) is 28.0 Å². The monoisotopic (exact) mass is 292 g/mol. The molecule has 5 atom stereocenters. The van der Waals surface area contributed by atoms with Gasteiger partial charge in [0, 0.05) is 12.3 Å². The Morgan fingerprint density at radius 2 is 1.95 bits per heavy atom. The van der Waals surface area contributed by atoms with E-state index in [1.54, 1.807) is 19.1 Å². The quantitative estimate of drug-likeness (QED) is 0.783. The summed E-state index contributed by atoms with van der Waals surface area (Å²) in [5, 5.41) is 21.1. The van der Waals surface area contributed by atoms with Gasteiger partial charge in [0.05, 0.1) is 17.8 Å². The molecule has 0 saturated carbocycles. The number of ether oxygens (including phenoxy) is 1. The molecule has 0 amide bonds. The minimum atomic E-state index is -0.917. The van der Waals surface area contributed by atoms with Crippen LogP contribution in [0.2, 0.25) is 0 Å². The first-order chi connectivity index (χ1) is 9.88. The molecule has 1 aromatic rings. The van der Waals surface area contributed by atoms with Crippen LogP contribution in [0.25, 0.3) is 0 Å².